The Bertz CT molecular complexity index is 824. The van der Waals surface area contributed by atoms with Crippen LogP contribution in [0.4, 0.5) is 0 Å². The molecule has 2 aromatic rings. The molecule has 0 bridgehead atoms. The number of hydrogen-bond donors (Lipinski definition) is 1. The minimum absolute atomic E-state index is 0.193. The second-order valence-corrected chi connectivity index (χ2v) is 8.73. The van der Waals surface area contributed by atoms with Crippen molar-refractivity contribution >= 4 is 12.0 Å². The molecule has 0 saturated heterocycles. The molecule has 4 heteroatoms. The molecule has 4 nitrogen and oxygen atoms in total. The Morgan fingerprint density at radius 3 is 2.32 bits per heavy atom. The zero-order chi connectivity index (χ0) is 22.1. The SMILES string of the molecule is CN(CCO)Cc1ccc([C@H]2CC[C@H](N(C)C(=O)CC=Cc3ccccc3)CC2)cc1. The number of amides is 1. The second-order valence-electron chi connectivity index (χ2n) is 8.73. The maximum atomic E-state index is 12.6. The summed E-state index contributed by atoms with van der Waals surface area (Å²) in [5.41, 5.74) is 3.82. The van der Waals surface area contributed by atoms with E-state index < -0.39 is 0 Å². The van der Waals surface area contributed by atoms with Crippen LogP contribution in [0.5, 0.6) is 0 Å². The molecule has 0 aliphatic heterocycles. The van der Waals surface area contributed by atoms with Gasteiger partial charge in [-0.25, -0.2) is 0 Å². The molecule has 0 atom stereocenters. The van der Waals surface area contributed by atoms with Gasteiger partial charge in [0.2, 0.25) is 5.91 Å². The predicted molar refractivity (Wildman–Crippen MR) is 128 cm³/mol. The number of nitrogens with zero attached hydrogens (tertiary/aromatic N) is 2. The highest BCUT2D eigenvalue weighted by molar-refractivity contribution is 5.78. The highest BCUT2D eigenvalue weighted by atomic mass is 16.3. The van der Waals surface area contributed by atoms with E-state index in [1.807, 2.05) is 61.5 Å². The molecule has 2 aromatic carbocycles. The van der Waals surface area contributed by atoms with Crippen LogP contribution in [0.3, 0.4) is 0 Å². The molecule has 1 amide bonds. The molecule has 1 N–H and O–H groups in total. The van der Waals surface area contributed by atoms with Crippen molar-refractivity contribution in [2.75, 3.05) is 27.2 Å². The summed E-state index contributed by atoms with van der Waals surface area (Å²) in [6.45, 7) is 1.75. The summed E-state index contributed by atoms with van der Waals surface area (Å²) in [4.78, 5) is 16.7. The van der Waals surface area contributed by atoms with Crippen molar-refractivity contribution in [1.82, 2.24) is 9.80 Å². The van der Waals surface area contributed by atoms with Crippen LogP contribution in [0, 0.1) is 0 Å². The minimum atomic E-state index is 0.193. The minimum Gasteiger partial charge on any atom is -0.395 e. The highest BCUT2D eigenvalue weighted by Crippen LogP contribution is 2.34. The summed E-state index contributed by atoms with van der Waals surface area (Å²) in [6, 6.07) is 19.4. The van der Waals surface area contributed by atoms with Gasteiger partial charge in [-0.2, -0.15) is 0 Å². The van der Waals surface area contributed by atoms with Gasteiger partial charge in [0.15, 0.2) is 0 Å². The summed E-state index contributed by atoms with van der Waals surface area (Å²) >= 11 is 0. The lowest BCUT2D eigenvalue weighted by Gasteiger charge is -2.35. The molecule has 0 radical (unpaired) electrons. The van der Waals surface area contributed by atoms with Crippen molar-refractivity contribution in [3.05, 3.63) is 77.4 Å². The lowest BCUT2D eigenvalue weighted by atomic mass is 9.81. The third kappa shape index (κ3) is 7.05. The Hall–Kier alpha value is -2.43. The van der Waals surface area contributed by atoms with Gasteiger partial charge >= 0.3 is 0 Å². The van der Waals surface area contributed by atoms with Gasteiger partial charge in [-0.3, -0.25) is 9.69 Å². The zero-order valence-corrected chi connectivity index (χ0v) is 18.9. The molecular weight excluding hydrogens is 384 g/mol. The lowest BCUT2D eigenvalue weighted by Crippen LogP contribution is -2.38. The first-order chi connectivity index (χ1) is 15.1. The van der Waals surface area contributed by atoms with Crippen molar-refractivity contribution in [2.45, 2.75) is 50.6 Å². The van der Waals surface area contributed by atoms with Crippen LogP contribution >= 0.6 is 0 Å². The van der Waals surface area contributed by atoms with Crippen LogP contribution < -0.4 is 0 Å². The maximum absolute atomic E-state index is 12.6. The van der Waals surface area contributed by atoms with Crippen LogP contribution in [-0.4, -0.2) is 54.1 Å². The summed E-state index contributed by atoms with van der Waals surface area (Å²) in [6.07, 6.45) is 8.84. The average molecular weight is 421 g/mol. The number of benzene rings is 2. The van der Waals surface area contributed by atoms with Gasteiger partial charge in [-0.1, -0.05) is 66.7 Å². The van der Waals surface area contributed by atoms with E-state index >= 15 is 0 Å². The fourth-order valence-electron chi connectivity index (χ4n) is 4.46. The smallest absolute Gasteiger partial charge is 0.226 e. The van der Waals surface area contributed by atoms with Crippen molar-refractivity contribution in [3.8, 4) is 0 Å². The Labute approximate surface area is 187 Å². The normalized spacial score (nSPS) is 19.1. The molecule has 31 heavy (non-hydrogen) atoms. The number of carbonyl (C=O) groups excluding carboxylic acids is 1. The zero-order valence-electron chi connectivity index (χ0n) is 18.9. The van der Waals surface area contributed by atoms with Crippen LogP contribution in [0.25, 0.3) is 6.08 Å². The molecule has 0 heterocycles. The number of aliphatic hydroxyl groups excluding tert-OH is 1. The largest absolute Gasteiger partial charge is 0.395 e. The molecule has 0 aromatic heterocycles. The molecule has 1 saturated carbocycles. The lowest BCUT2D eigenvalue weighted by molar-refractivity contribution is -0.131. The molecule has 0 spiro atoms. The summed E-state index contributed by atoms with van der Waals surface area (Å²) in [7, 11) is 3.99. The molecular formula is C27H36N2O2. The maximum Gasteiger partial charge on any atom is 0.226 e. The first-order valence-electron chi connectivity index (χ1n) is 11.4. The standard InChI is InChI=1S/C27H36N2O2/c1-28(19-20-30)21-23-11-13-24(14-12-23)25-15-17-26(18-16-25)29(2)27(31)10-6-9-22-7-4-3-5-8-22/h3-9,11-14,25-26,30H,10,15-21H2,1-2H3/t25-,26-. The third-order valence-corrected chi connectivity index (χ3v) is 6.43. The average Bonchev–Trinajstić information content (AvgIpc) is 2.80. The first-order valence-corrected chi connectivity index (χ1v) is 11.4. The van der Waals surface area contributed by atoms with Gasteiger partial charge in [0, 0.05) is 32.6 Å². The Kier molecular flexibility index (Phi) is 8.86. The van der Waals surface area contributed by atoms with E-state index in [1.165, 1.54) is 11.1 Å². The second kappa shape index (κ2) is 11.8. The van der Waals surface area contributed by atoms with Crippen LogP contribution in [-0.2, 0) is 11.3 Å². The first kappa shape index (κ1) is 23.2. The predicted octanol–water partition coefficient (Wildman–Crippen LogP) is 4.70. The van der Waals surface area contributed by atoms with Gasteiger partial charge in [0.25, 0.3) is 0 Å². The van der Waals surface area contributed by atoms with Crippen molar-refractivity contribution < 1.29 is 9.90 Å². The van der Waals surface area contributed by atoms with Crippen LogP contribution in [0.1, 0.15) is 54.7 Å². The monoisotopic (exact) mass is 420 g/mol. The Balaban J connectivity index is 1.45. The van der Waals surface area contributed by atoms with E-state index in [-0.39, 0.29) is 12.5 Å². The van der Waals surface area contributed by atoms with Crippen LogP contribution in [0.2, 0.25) is 0 Å². The molecule has 0 unspecified atom stereocenters. The quantitative estimate of drug-likeness (QED) is 0.640. The fourth-order valence-corrected chi connectivity index (χ4v) is 4.46. The Morgan fingerprint density at radius 2 is 1.68 bits per heavy atom. The molecule has 3 rings (SSSR count). The molecule has 1 aliphatic rings. The number of aliphatic hydroxyl groups is 1. The van der Waals surface area contributed by atoms with E-state index in [4.69, 9.17) is 5.11 Å². The number of likely N-dealkylation sites (N-methyl/N-ethyl adjacent to an activating group) is 1. The van der Waals surface area contributed by atoms with Crippen molar-refractivity contribution in [3.63, 3.8) is 0 Å². The van der Waals surface area contributed by atoms with Crippen LogP contribution in [0.15, 0.2) is 60.7 Å². The van der Waals surface area contributed by atoms with Gasteiger partial charge < -0.3 is 10.0 Å². The third-order valence-electron chi connectivity index (χ3n) is 6.43. The van der Waals surface area contributed by atoms with E-state index in [1.54, 1.807) is 0 Å². The van der Waals surface area contributed by atoms with Crippen molar-refractivity contribution in [1.29, 1.82) is 0 Å². The van der Waals surface area contributed by atoms with Gasteiger partial charge in [-0.05, 0) is 55.3 Å². The van der Waals surface area contributed by atoms with E-state index in [0.717, 1.165) is 37.8 Å². The molecule has 166 valence electrons. The van der Waals surface area contributed by atoms with E-state index in [2.05, 4.69) is 29.2 Å². The van der Waals surface area contributed by atoms with Gasteiger partial charge in [0.05, 0.1) is 6.61 Å². The van der Waals surface area contributed by atoms with E-state index in [0.29, 0.717) is 24.9 Å². The summed E-state index contributed by atoms with van der Waals surface area (Å²) in [5, 5.41) is 9.04. The summed E-state index contributed by atoms with van der Waals surface area (Å²) in [5.74, 6) is 0.786. The van der Waals surface area contributed by atoms with Gasteiger partial charge in [-0.15, -0.1) is 0 Å². The fraction of sp³-hybridized carbons (Fsp3) is 0.444. The molecule has 1 fully saturated rings. The molecule has 1 aliphatic carbocycles. The van der Waals surface area contributed by atoms with E-state index in [9.17, 15) is 4.79 Å². The topological polar surface area (TPSA) is 43.8 Å². The Morgan fingerprint density at radius 1 is 1.00 bits per heavy atom. The van der Waals surface area contributed by atoms with Gasteiger partial charge in [0.1, 0.15) is 0 Å². The van der Waals surface area contributed by atoms with Crippen molar-refractivity contribution in [2.24, 2.45) is 0 Å². The number of rotatable bonds is 9. The number of carbonyl (C=O) groups is 1. The number of hydrogen-bond acceptors (Lipinski definition) is 3. The summed E-state index contributed by atoms with van der Waals surface area (Å²) < 4.78 is 0. The highest BCUT2D eigenvalue weighted by Gasteiger charge is 2.26.